The highest BCUT2D eigenvalue weighted by Crippen LogP contribution is 2.20. The van der Waals surface area contributed by atoms with Crippen LogP contribution in [0.15, 0.2) is 24.3 Å². The van der Waals surface area contributed by atoms with Crippen LogP contribution in [0.4, 0.5) is 5.69 Å². The molecule has 1 atom stereocenters. The van der Waals surface area contributed by atoms with Gasteiger partial charge in [-0.25, -0.2) is 8.42 Å². The molecule has 1 saturated heterocycles. The topological polar surface area (TPSA) is 79.0 Å². The van der Waals surface area contributed by atoms with Crippen molar-refractivity contribution in [2.24, 2.45) is 0 Å². The summed E-state index contributed by atoms with van der Waals surface area (Å²) >= 11 is 0. The van der Waals surface area contributed by atoms with Gasteiger partial charge >= 0.3 is 0 Å². The maximum atomic E-state index is 12.0. The molecule has 7 nitrogen and oxygen atoms in total. The molecule has 28 heavy (non-hydrogen) atoms. The van der Waals surface area contributed by atoms with Crippen molar-refractivity contribution in [3.05, 3.63) is 24.3 Å². The van der Waals surface area contributed by atoms with E-state index in [0.717, 1.165) is 19.2 Å². The van der Waals surface area contributed by atoms with E-state index < -0.39 is 10.0 Å². The zero-order chi connectivity index (χ0) is 20.6. The van der Waals surface area contributed by atoms with Crippen molar-refractivity contribution in [3.63, 3.8) is 0 Å². The van der Waals surface area contributed by atoms with Gasteiger partial charge in [-0.15, -0.1) is 0 Å². The first kappa shape index (κ1) is 22.5. The minimum Gasteiger partial charge on any atom is -0.484 e. The Morgan fingerprint density at radius 1 is 1.29 bits per heavy atom. The highest BCUT2D eigenvalue weighted by Gasteiger charge is 2.19. The predicted octanol–water partition coefficient (Wildman–Crippen LogP) is 2.23. The fraction of sp³-hybridized carbons (Fsp3) is 0.650. The number of nitrogens with zero attached hydrogens (tertiary/aromatic N) is 2. The third-order valence-electron chi connectivity index (χ3n) is 5.23. The van der Waals surface area contributed by atoms with E-state index in [1.165, 1.54) is 43.6 Å². The average molecular weight is 412 g/mol. The lowest BCUT2D eigenvalue weighted by Crippen LogP contribution is -2.41. The van der Waals surface area contributed by atoms with E-state index in [4.69, 9.17) is 4.74 Å². The molecule has 2 rings (SSSR count). The monoisotopic (exact) mass is 411 g/mol. The van der Waals surface area contributed by atoms with Crippen molar-refractivity contribution in [1.29, 1.82) is 0 Å². The van der Waals surface area contributed by atoms with E-state index in [-0.39, 0.29) is 12.5 Å². The molecule has 8 heteroatoms. The fourth-order valence-corrected chi connectivity index (χ4v) is 3.98. The summed E-state index contributed by atoms with van der Waals surface area (Å²) in [5.41, 5.74) is 0.544. The van der Waals surface area contributed by atoms with Gasteiger partial charge in [0, 0.05) is 26.2 Å². The minimum absolute atomic E-state index is 0.0530. The van der Waals surface area contributed by atoms with E-state index in [9.17, 15) is 13.2 Å². The first-order valence-corrected chi connectivity index (χ1v) is 11.8. The molecule has 0 saturated carbocycles. The Bertz CT molecular complexity index is 721. The summed E-state index contributed by atoms with van der Waals surface area (Å²) < 4.78 is 29.7. The Kier molecular flexibility index (Phi) is 8.57. The van der Waals surface area contributed by atoms with Crippen molar-refractivity contribution in [3.8, 4) is 5.75 Å². The summed E-state index contributed by atoms with van der Waals surface area (Å²) in [4.78, 5) is 14.5. The molecule has 1 N–H and O–H groups in total. The summed E-state index contributed by atoms with van der Waals surface area (Å²) in [6.07, 6.45) is 7.17. The molecule has 1 fully saturated rings. The third kappa shape index (κ3) is 6.98. The van der Waals surface area contributed by atoms with E-state index in [0.29, 0.717) is 24.0 Å². The van der Waals surface area contributed by atoms with Crippen LogP contribution in [0.3, 0.4) is 0 Å². The van der Waals surface area contributed by atoms with Gasteiger partial charge in [0.15, 0.2) is 6.61 Å². The number of ether oxygens (including phenoxy) is 1. The van der Waals surface area contributed by atoms with Crippen LogP contribution in [0.1, 0.15) is 39.0 Å². The molecule has 0 aromatic heterocycles. The SMILES string of the molecule is CCC1CCCCN1CCCNC(=O)COc1ccc(N(C)S(C)(=O)=O)cc1. The van der Waals surface area contributed by atoms with Crippen LogP contribution < -0.4 is 14.4 Å². The highest BCUT2D eigenvalue weighted by atomic mass is 32.2. The molecule has 0 aliphatic carbocycles. The Balaban J connectivity index is 1.67. The number of sulfonamides is 1. The molecule has 0 bridgehead atoms. The number of hydrogen-bond acceptors (Lipinski definition) is 5. The van der Waals surface area contributed by atoms with E-state index in [2.05, 4.69) is 17.1 Å². The Hall–Kier alpha value is -1.80. The van der Waals surface area contributed by atoms with Crippen LogP contribution in [-0.4, -0.2) is 64.8 Å². The number of nitrogens with one attached hydrogen (secondary N) is 1. The smallest absolute Gasteiger partial charge is 0.257 e. The van der Waals surface area contributed by atoms with Gasteiger partial charge in [0.05, 0.1) is 11.9 Å². The molecule has 1 unspecified atom stereocenters. The number of likely N-dealkylation sites (tertiary alicyclic amines) is 1. The molecule has 1 aliphatic rings. The number of hydrogen-bond donors (Lipinski definition) is 1. The van der Waals surface area contributed by atoms with Crippen LogP contribution in [0.2, 0.25) is 0 Å². The summed E-state index contributed by atoms with van der Waals surface area (Å²) in [6.45, 7) is 5.03. The van der Waals surface area contributed by atoms with Crippen molar-refractivity contribution in [2.75, 3.05) is 43.8 Å². The lowest BCUT2D eigenvalue weighted by atomic mass is 10.00. The maximum Gasteiger partial charge on any atom is 0.257 e. The highest BCUT2D eigenvalue weighted by molar-refractivity contribution is 7.92. The van der Waals surface area contributed by atoms with Crippen LogP contribution in [0, 0.1) is 0 Å². The summed E-state index contributed by atoms with van der Waals surface area (Å²) in [6, 6.07) is 7.31. The van der Waals surface area contributed by atoms with E-state index in [1.54, 1.807) is 24.3 Å². The first-order chi connectivity index (χ1) is 13.3. The normalized spacial score (nSPS) is 17.9. The molecule has 0 spiro atoms. The zero-order valence-electron chi connectivity index (χ0n) is 17.2. The molecular formula is C20H33N3O4S. The molecule has 1 aromatic carbocycles. The first-order valence-electron chi connectivity index (χ1n) is 9.98. The Morgan fingerprint density at radius 2 is 2.00 bits per heavy atom. The largest absolute Gasteiger partial charge is 0.484 e. The molecule has 1 aliphatic heterocycles. The van der Waals surface area contributed by atoms with Crippen molar-refractivity contribution >= 4 is 21.6 Å². The van der Waals surface area contributed by atoms with Gasteiger partial charge in [-0.2, -0.15) is 0 Å². The van der Waals surface area contributed by atoms with Gasteiger partial charge in [-0.05, 0) is 56.5 Å². The zero-order valence-corrected chi connectivity index (χ0v) is 18.0. The van der Waals surface area contributed by atoms with Crippen molar-refractivity contribution < 1.29 is 17.9 Å². The number of rotatable bonds is 10. The molecule has 1 amide bonds. The summed E-state index contributed by atoms with van der Waals surface area (Å²) in [5.74, 6) is 0.378. The predicted molar refractivity (Wildman–Crippen MR) is 112 cm³/mol. The second-order valence-corrected chi connectivity index (χ2v) is 9.32. The number of amides is 1. The van der Waals surface area contributed by atoms with Crippen LogP contribution in [0.5, 0.6) is 5.75 Å². The quantitative estimate of drug-likeness (QED) is 0.598. The molecule has 158 valence electrons. The van der Waals surface area contributed by atoms with Gasteiger partial charge in [0.1, 0.15) is 5.75 Å². The number of carbonyl (C=O) groups is 1. The second kappa shape index (κ2) is 10.7. The third-order valence-corrected chi connectivity index (χ3v) is 6.44. The number of carbonyl (C=O) groups excluding carboxylic acids is 1. The maximum absolute atomic E-state index is 12.0. The van der Waals surface area contributed by atoms with Crippen LogP contribution in [0.25, 0.3) is 0 Å². The van der Waals surface area contributed by atoms with Gasteiger partial charge in [-0.3, -0.25) is 9.10 Å². The summed E-state index contributed by atoms with van der Waals surface area (Å²) in [7, 11) is -1.80. The van der Waals surface area contributed by atoms with Crippen LogP contribution in [-0.2, 0) is 14.8 Å². The number of benzene rings is 1. The summed E-state index contributed by atoms with van der Waals surface area (Å²) in [5, 5.41) is 2.90. The van der Waals surface area contributed by atoms with Crippen molar-refractivity contribution in [2.45, 2.75) is 45.1 Å². The van der Waals surface area contributed by atoms with Crippen LogP contribution >= 0.6 is 0 Å². The molecular weight excluding hydrogens is 378 g/mol. The van der Waals surface area contributed by atoms with Gasteiger partial charge in [0.25, 0.3) is 5.91 Å². The van der Waals surface area contributed by atoms with E-state index in [1.807, 2.05) is 0 Å². The Morgan fingerprint density at radius 3 is 2.64 bits per heavy atom. The molecule has 0 radical (unpaired) electrons. The van der Waals surface area contributed by atoms with Gasteiger partial charge in [-0.1, -0.05) is 13.3 Å². The van der Waals surface area contributed by atoms with Gasteiger partial charge in [0.2, 0.25) is 10.0 Å². The lowest BCUT2D eigenvalue weighted by molar-refractivity contribution is -0.123. The minimum atomic E-state index is -3.30. The Labute approximate surface area is 169 Å². The second-order valence-electron chi connectivity index (χ2n) is 7.31. The molecule has 1 aromatic rings. The van der Waals surface area contributed by atoms with Gasteiger partial charge < -0.3 is 15.0 Å². The average Bonchev–Trinajstić information content (AvgIpc) is 2.69. The van der Waals surface area contributed by atoms with E-state index >= 15 is 0 Å². The standard InChI is InChI=1S/C20H33N3O4S/c1-4-17-8-5-6-14-23(17)15-7-13-21-20(24)16-27-19-11-9-18(10-12-19)22(2)28(3,25)26/h9-12,17H,4-8,13-16H2,1-3H3,(H,21,24). The number of piperidine rings is 1. The number of anilines is 1. The molecule has 1 heterocycles. The lowest BCUT2D eigenvalue weighted by Gasteiger charge is -2.35. The fourth-order valence-electron chi connectivity index (χ4n) is 3.47. The van der Waals surface area contributed by atoms with Crippen molar-refractivity contribution in [1.82, 2.24) is 10.2 Å².